The van der Waals surface area contributed by atoms with Crippen molar-refractivity contribution in [1.29, 1.82) is 0 Å². The Morgan fingerprint density at radius 3 is 2.40 bits per heavy atom. The van der Waals surface area contributed by atoms with Crippen LogP contribution in [0.5, 0.6) is 0 Å². The first kappa shape index (κ1) is 17.1. The van der Waals surface area contributed by atoms with Gasteiger partial charge in [-0.05, 0) is 51.4 Å². The molecule has 0 aliphatic rings. The van der Waals surface area contributed by atoms with E-state index in [9.17, 15) is 12.8 Å². The molecule has 3 nitrogen and oxygen atoms in total. The van der Waals surface area contributed by atoms with E-state index in [1.165, 1.54) is 18.4 Å². The van der Waals surface area contributed by atoms with Gasteiger partial charge < -0.3 is 0 Å². The minimum Gasteiger partial charge on any atom is -0.294 e. The average molecular weight is 301 g/mol. The lowest BCUT2D eigenvalue weighted by Gasteiger charge is -2.35. The van der Waals surface area contributed by atoms with Crippen molar-refractivity contribution in [2.75, 3.05) is 18.6 Å². The first-order valence-corrected chi connectivity index (χ1v) is 8.81. The summed E-state index contributed by atoms with van der Waals surface area (Å²) in [7, 11) is -2.93. The Kier molecular flexibility index (Phi) is 5.71. The van der Waals surface area contributed by atoms with E-state index in [0.717, 1.165) is 5.56 Å². The molecule has 1 aromatic rings. The second-order valence-corrected chi connectivity index (χ2v) is 8.47. The lowest BCUT2D eigenvalue weighted by molar-refractivity contribution is 0.128. The molecule has 114 valence electrons. The van der Waals surface area contributed by atoms with Crippen LogP contribution in [0.1, 0.15) is 32.8 Å². The van der Waals surface area contributed by atoms with Gasteiger partial charge in [-0.15, -0.1) is 0 Å². The average Bonchev–Trinajstić information content (AvgIpc) is 2.24. The molecule has 20 heavy (non-hydrogen) atoms. The number of benzene rings is 1. The largest absolute Gasteiger partial charge is 0.294 e. The molecule has 0 saturated heterocycles. The fourth-order valence-corrected chi connectivity index (χ4v) is 2.68. The van der Waals surface area contributed by atoms with Gasteiger partial charge >= 0.3 is 0 Å². The molecule has 5 heteroatoms. The standard InChI is InChI=1S/C15H24FNO2S/c1-15(2,3)17(9-6-10-20(4,18)19)12-13-7-5-8-14(16)11-13/h5,7-8,11H,6,9-10,12H2,1-4H3. The molecule has 0 aromatic heterocycles. The summed E-state index contributed by atoms with van der Waals surface area (Å²) in [6, 6.07) is 6.53. The van der Waals surface area contributed by atoms with Gasteiger partial charge in [0, 0.05) is 18.3 Å². The molecular formula is C15H24FNO2S. The number of hydrogen-bond donors (Lipinski definition) is 0. The quantitative estimate of drug-likeness (QED) is 0.811. The Morgan fingerprint density at radius 1 is 1.25 bits per heavy atom. The topological polar surface area (TPSA) is 37.4 Å². The maximum absolute atomic E-state index is 13.2. The van der Waals surface area contributed by atoms with Gasteiger partial charge in [-0.1, -0.05) is 12.1 Å². The van der Waals surface area contributed by atoms with E-state index in [4.69, 9.17) is 0 Å². The lowest BCUT2D eigenvalue weighted by atomic mass is 10.0. The van der Waals surface area contributed by atoms with Gasteiger partial charge in [-0.25, -0.2) is 12.8 Å². The maximum atomic E-state index is 13.2. The Bertz CT molecular complexity index is 535. The van der Waals surface area contributed by atoms with Crippen molar-refractivity contribution in [3.63, 3.8) is 0 Å². The first-order chi connectivity index (χ1) is 9.08. The van der Waals surface area contributed by atoms with E-state index >= 15 is 0 Å². The molecule has 0 unspecified atom stereocenters. The summed E-state index contributed by atoms with van der Waals surface area (Å²) in [5.41, 5.74) is 0.809. The van der Waals surface area contributed by atoms with E-state index in [1.807, 2.05) is 6.07 Å². The van der Waals surface area contributed by atoms with Crippen LogP contribution in [0.2, 0.25) is 0 Å². The summed E-state index contributed by atoms with van der Waals surface area (Å²) < 4.78 is 35.6. The zero-order valence-electron chi connectivity index (χ0n) is 12.7. The third kappa shape index (κ3) is 6.48. The third-order valence-corrected chi connectivity index (χ3v) is 4.18. The van der Waals surface area contributed by atoms with E-state index in [2.05, 4.69) is 25.7 Å². The third-order valence-electron chi connectivity index (χ3n) is 3.15. The molecule has 1 aromatic carbocycles. The van der Waals surface area contributed by atoms with Crippen LogP contribution in [0.25, 0.3) is 0 Å². The molecule has 0 atom stereocenters. The van der Waals surface area contributed by atoms with Gasteiger partial charge in [0.25, 0.3) is 0 Å². The summed E-state index contributed by atoms with van der Waals surface area (Å²) in [5, 5.41) is 0. The Hall–Kier alpha value is -0.940. The van der Waals surface area contributed by atoms with Crippen molar-refractivity contribution < 1.29 is 12.8 Å². The van der Waals surface area contributed by atoms with Gasteiger partial charge in [-0.3, -0.25) is 4.90 Å². The molecule has 0 bridgehead atoms. The van der Waals surface area contributed by atoms with Crippen LogP contribution in [0, 0.1) is 5.82 Å². The summed E-state index contributed by atoms with van der Waals surface area (Å²) in [4.78, 5) is 2.17. The van der Waals surface area contributed by atoms with Crippen LogP contribution < -0.4 is 0 Å². The normalized spacial score (nSPS) is 12.9. The van der Waals surface area contributed by atoms with Gasteiger partial charge in [-0.2, -0.15) is 0 Å². The molecule has 0 saturated carbocycles. The summed E-state index contributed by atoms with van der Waals surface area (Å²) in [6.07, 6.45) is 1.84. The van der Waals surface area contributed by atoms with Crippen molar-refractivity contribution in [1.82, 2.24) is 4.90 Å². The number of rotatable bonds is 6. The molecular weight excluding hydrogens is 277 g/mol. The Morgan fingerprint density at radius 2 is 1.90 bits per heavy atom. The zero-order valence-corrected chi connectivity index (χ0v) is 13.5. The SMILES string of the molecule is CC(C)(C)N(CCCS(C)(=O)=O)Cc1cccc(F)c1. The Balaban J connectivity index is 2.71. The van der Waals surface area contributed by atoms with Crippen molar-refractivity contribution >= 4 is 9.84 Å². The highest BCUT2D eigenvalue weighted by Gasteiger charge is 2.21. The van der Waals surface area contributed by atoms with Crippen LogP contribution in [-0.2, 0) is 16.4 Å². The number of halogens is 1. The van der Waals surface area contributed by atoms with Gasteiger partial charge in [0.2, 0.25) is 0 Å². The molecule has 0 fully saturated rings. The molecule has 0 amide bonds. The van der Waals surface area contributed by atoms with Crippen molar-refractivity contribution in [3.8, 4) is 0 Å². The van der Waals surface area contributed by atoms with E-state index < -0.39 is 9.84 Å². The number of sulfone groups is 1. The minimum absolute atomic E-state index is 0.0934. The number of hydrogen-bond acceptors (Lipinski definition) is 3. The molecule has 1 rings (SSSR count). The van der Waals surface area contributed by atoms with Crippen LogP contribution in [0.4, 0.5) is 4.39 Å². The predicted octanol–water partition coefficient (Wildman–Crippen LogP) is 2.86. The highest BCUT2D eigenvalue weighted by Crippen LogP contribution is 2.18. The van der Waals surface area contributed by atoms with E-state index in [1.54, 1.807) is 6.07 Å². The Labute approximate surface area is 121 Å². The van der Waals surface area contributed by atoms with Crippen molar-refractivity contribution in [2.24, 2.45) is 0 Å². The molecule has 0 aliphatic heterocycles. The van der Waals surface area contributed by atoms with E-state index in [-0.39, 0.29) is 17.1 Å². The zero-order chi connectivity index (χ0) is 15.4. The van der Waals surface area contributed by atoms with Gasteiger partial charge in [0.05, 0.1) is 5.75 Å². The highest BCUT2D eigenvalue weighted by atomic mass is 32.2. The van der Waals surface area contributed by atoms with Gasteiger partial charge in [0.1, 0.15) is 15.7 Å². The van der Waals surface area contributed by atoms with Crippen LogP contribution in [0.15, 0.2) is 24.3 Å². The summed E-state index contributed by atoms with van der Waals surface area (Å²) in [6.45, 7) is 7.52. The maximum Gasteiger partial charge on any atom is 0.147 e. The number of nitrogens with zero attached hydrogens (tertiary/aromatic N) is 1. The van der Waals surface area contributed by atoms with Crippen LogP contribution in [0.3, 0.4) is 0 Å². The van der Waals surface area contributed by atoms with E-state index in [0.29, 0.717) is 19.5 Å². The molecule has 0 spiro atoms. The summed E-state index contributed by atoms with van der Waals surface area (Å²) in [5.74, 6) is -0.0598. The minimum atomic E-state index is -2.93. The summed E-state index contributed by atoms with van der Waals surface area (Å²) >= 11 is 0. The molecule has 0 heterocycles. The van der Waals surface area contributed by atoms with Crippen LogP contribution >= 0.6 is 0 Å². The predicted molar refractivity (Wildman–Crippen MR) is 80.9 cm³/mol. The highest BCUT2D eigenvalue weighted by molar-refractivity contribution is 7.90. The fourth-order valence-electron chi connectivity index (χ4n) is 2.02. The smallest absolute Gasteiger partial charge is 0.147 e. The second kappa shape index (κ2) is 6.68. The first-order valence-electron chi connectivity index (χ1n) is 6.75. The van der Waals surface area contributed by atoms with Crippen LogP contribution in [-0.4, -0.2) is 37.4 Å². The monoisotopic (exact) mass is 301 g/mol. The molecule has 0 radical (unpaired) electrons. The lowest BCUT2D eigenvalue weighted by Crippen LogP contribution is -2.41. The second-order valence-electron chi connectivity index (χ2n) is 6.21. The van der Waals surface area contributed by atoms with Crippen molar-refractivity contribution in [2.45, 2.75) is 39.3 Å². The molecule has 0 aliphatic carbocycles. The molecule has 0 N–H and O–H groups in total. The fraction of sp³-hybridized carbons (Fsp3) is 0.600. The van der Waals surface area contributed by atoms with Gasteiger partial charge in [0.15, 0.2) is 0 Å². The van der Waals surface area contributed by atoms with Crippen molar-refractivity contribution in [3.05, 3.63) is 35.6 Å².